The van der Waals surface area contributed by atoms with Gasteiger partial charge >= 0.3 is 0 Å². The molecule has 2 N–H and O–H groups in total. The molecule has 1 aromatic rings. The Labute approximate surface area is 121 Å². The third-order valence-corrected chi connectivity index (χ3v) is 3.32. The molecule has 0 saturated carbocycles. The Morgan fingerprint density at radius 2 is 1.90 bits per heavy atom. The summed E-state index contributed by atoms with van der Waals surface area (Å²) in [4.78, 5) is 11.9. The van der Waals surface area contributed by atoms with E-state index >= 15 is 0 Å². The highest BCUT2D eigenvalue weighted by atomic mass is 16.5. The highest BCUT2D eigenvalue weighted by Crippen LogP contribution is 2.20. The summed E-state index contributed by atoms with van der Waals surface area (Å²) >= 11 is 0. The average molecular weight is 278 g/mol. The van der Waals surface area contributed by atoms with Crippen molar-refractivity contribution < 1.29 is 9.53 Å². The van der Waals surface area contributed by atoms with Gasteiger partial charge in [-0.2, -0.15) is 0 Å². The summed E-state index contributed by atoms with van der Waals surface area (Å²) in [6.07, 6.45) is 1.88. The lowest BCUT2D eigenvalue weighted by molar-refractivity contribution is -0.122. The number of ether oxygens (including phenoxy) is 1. The van der Waals surface area contributed by atoms with Gasteiger partial charge in [0.1, 0.15) is 5.75 Å². The SMILES string of the molecule is CCCNC(=O)C(C)NC(CC)c1ccc(OC)cc1. The van der Waals surface area contributed by atoms with Crippen LogP contribution in [0, 0.1) is 0 Å². The quantitative estimate of drug-likeness (QED) is 0.768. The number of carbonyl (C=O) groups excluding carboxylic acids is 1. The number of amides is 1. The minimum atomic E-state index is -0.200. The lowest BCUT2D eigenvalue weighted by Crippen LogP contribution is -2.43. The molecule has 2 unspecified atom stereocenters. The van der Waals surface area contributed by atoms with E-state index in [1.807, 2.05) is 38.1 Å². The number of methoxy groups -OCH3 is 1. The lowest BCUT2D eigenvalue weighted by Gasteiger charge is -2.22. The van der Waals surface area contributed by atoms with Gasteiger partial charge in [0.2, 0.25) is 5.91 Å². The molecule has 0 spiro atoms. The lowest BCUT2D eigenvalue weighted by atomic mass is 10.0. The van der Waals surface area contributed by atoms with Crippen LogP contribution in [0.15, 0.2) is 24.3 Å². The normalized spacial score (nSPS) is 13.6. The van der Waals surface area contributed by atoms with Gasteiger partial charge in [-0.25, -0.2) is 0 Å². The highest BCUT2D eigenvalue weighted by Gasteiger charge is 2.17. The van der Waals surface area contributed by atoms with Crippen LogP contribution in [0.2, 0.25) is 0 Å². The molecule has 0 aromatic heterocycles. The second kappa shape index (κ2) is 8.59. The zero-order valence-electron chi connectivity index (χ0n) is 12.9. The number of rotatable bonds is 8. The standard InChI is InChI=1S/C16H26N2O2/c1-5-11-17-16(19)12(3)18-15(6-2)13-7-9-14(20-4)10-8-13/h7-10,12,15,18H,5-6,11H2,1-4H3,(H,17,19). The molecule has 0 aliphatic rings. The highest BCUT2D eigenvalue weighted by molar-refractivity contribution is 5.81. The molecule has 0 aliphatic carbocycles. The largest absolute Gasteiger partial charge is 0.497 e. The molecule has 112 valence electrons. The van der Waals surface area contributed by atoms with Gasteiger partial charge in [-0.1, -0.05) is 26.0 Å². The van der Waals surface area contributed by atoms with Gasteiger partial charge in [0.25, 0.3) is 0 Å². The van der Waals surface area contributed by atoms with E-state index in [-0.39, 0.29) is 18.0 Å². The molecule has 1 amide bonds. The van der Waals surface area contributed by atoms with Gasteiger partial charge in [-0.3, -0.25) is 10.1 Å². The molecule has 20 heavy (non-hydrogen) atoms. The van der Waals surface area contributed by atoms with Crippen LogP contribution in [-0.4, -0.2) is 25.6 Å². The first-order chi connectivity index (χ1) is 9.62. The first-order valence-electron chi connectivity index (χ1n) is 7.30. The molecule has 0 bridgehead atoms. The molecule has 0 fully saturated rings. The van der Waals surface area contributed by atoms with Gasteiger partial charge in [0, 0.05) is 12.6 Å². The van der Waals surface area contributed by atoms with E-state index in [4.69, 9.17) is 4.74 Å². The number of hydrogen-bond donors (Lipinski definition) is 2. The first kappa shape index (κ1) is 16.5. The van der Waals surface area contributed by atoms with Crippen molar-refractivity contribution in [3.63, 3.8) is 0 Å². The van der Waals surface area contributed by atoms with Crippen LogP contribution in [-0.2, 0) is 4.79 Å². The molecule has 0 radical (unpaired) electrons. The minimum absolute atomic E-state index is 0.0545. The summed E-state index contributed by atoms with van der Waals surface area (Å²) in [7, 11) is 1.66. The first-order valence-corrected chi connectivity index (χ1v) is 7.30. The molecule has 0 heterocycles. The maximum atomic E-state index is 11.9. The van der Waals surface area contributed by atoms with Crippen molar-refractivity contribution in [3.05, 3.63) is 29.8 Å². The zero-order valence-corrected chi connectivity index (χ0v) is 12.9. The maximum Gasteiger partial charge on any atom is 0.236 e. The summed E-state index contributed by atoms with van der Waals surface area (Å²) in [5.41, 5.74) is 1.17. The van der Waals surface area contributed by atoms with Crippen LogP contribution in [0.1, 0.15) is 45.2 Å². The topological polar surface area (TPSA) is 50.4 Å². The van der Waals surface area contributed by atoms with Gasteiger partial charge in [0.15, 0.2) is 0 Å². The van der Waals surface area contributed by atoms with Crippen molar-refractivity contribution in [3.8, 4) is 5.75 Å². The van der Waals surface area contributed by atoms with Crippen molar-refractivity contribution >= 4 is 5.91 Å². The van der Waals surface area contributed by atoms with E-state index in [0.29, 0.717) is 0 Å². The molecule has 0 aliphatic heterocycles. The Bertz CT molecular complexity index is 403. The molecule has 4 heteroatoms. The number of hydrogen-bond acceptors (Lipinski definition) is 3. The Balaban J connectivity index is 2.63. The van der Waals surface area contributed by atoms with Crippen molar-refractivity contribution in [1.29, 1.82) is 0 Å². The van der Waals surface area contributed by atoms with E-state index in [1.165, 1.54) is 5.56 Å². The Morgan fingerprint density at radius 3 is 2.40 bits per heavy atom. The van der Waals surface area contributed by atoms with E-state index in [1.54, 1.807) is 7.11 Å². The third-order valence-electron chi connectivity index (χ3n) is 3.32. The Kier molecular flexibility index (Phi) is 7.09. The summed E-state index contributed by atoms with van der Waals surface area (Å²) in [5.74, 6) is 0.899. The van der Waals surface area contributed by atoms with Gasteiger partial charge in [-0.05, 0) is 37.5 Å². The van der Waals surface area contributed by atoms with Crippen LogP contribution >= 0.6 is 0 Å². The van der Waals surface area contributed by atoms with Crippen LogP contribution in [0.25, 0.3) is 0 Å². The van der Waals surface area contributed by atoms with E-state index < -0.39 is 0 Å². The fourth-order valence-electron chi connectivity index (χ4n) is 2.06. The summed E-state index contributed by atoms with van der Waals surface area (Å²) in [6, 6.07) is 7.94. The van der Waals surface area contributed by atoms with Crippen molar-refractivity contribution in [2.45, 2.75) is 45.7 Å². The predicted octanol–water partition coefficient (Wildman–Crippen LogP) is 2.65. The molecule has 4 nitrogen and oxygen atoms in total. The minimum Gasteiger partial charge on any atom is -0.497 e. The molecule has 1 aromatic carbocycles. The van der Waals surface area contributed by atoms with Crippen LogP contribution in [0.5, 0.6) is 5.75 Å². The fraction of sp³-hybridized carbons (Fsp3) is 0.562. The predicted molar refractivity (Wildman–Crippen MR) is 81.9 cm³/mol. The Hall–Kier alpha value is -1.55. The summed E-state index contributed by atoms with van der Waals surface area (Å²) < 4.78 is 5.16. The van der Waals surface area contributed by atoms with Gasteiger partial charge in [0.05, 0.1) is 13.2 Å². The van der Waals surface area contributed by atoms with Crippen molar-refractivity contribution in [1.82, 2.24) is 10.6 Å². The second-order valence-corrected chi connectivity index (χ2v) is 4.91. The Morgan fingerprint density at radius 1 is 1.25 bits per heavy atom. The van der Waals surface area contributed by atoms with E-state index in [2.05, 4.69) is 17.6 Å². The summed E-state index contributed by atoms with van der Waals surface area (Å²) in [5, 5.41) is 6.29. The maximum absolute atomic E-state index is 11.9. The number of carbonyl (C=O) groups is 1. The van der Waals surface area contributed by atoms with E-state index in [0.717, 1.165) is 25.1 Å². The monoisotopic (exact) mass is 278 g/mol. The number of nitrogens with one attached hydrogen (secondary N) is 2. The number of benzene rings is 1. The van der Waals surface area contributed by atoms with E-state index in [9.17, 15) is 4.79 Å². The second-order valence-electron chi connectivity index (χ2n) is 4.91. The van der Waals surface area contributed by atoms with Crippen molar-refractivity contribution in [2.75, 3.05) is 13.7 Å². The van der Waals surface area contributed by atoms with Crippen molar-refractivity contribution in [2.24, 2.45) is 0 Å². The third kappa shape index (κ3) is 4.85. The van der Waals surface area contributed by atoms with Gasteiger partial charge in [-0.15, -0.1) is 0 Å². The van der Waals surface area contributed by atoms with Crippen LogP contribution < -0.4 is 15.4 Å². The van der Waals surface area contributed by atoms with Crippen LogP contribution in [0.4, 0.5) is 0 Å². The van der Waals surface area contributed by atoms with Gasteiger partial charge < -0.3 is 10.1 Å². The van der Waals surface area contributed by atoms with Crippen LogP contribution in [0.3, 0.4) is 0 Å². The molecule has 2 atom stereocenters. The summed E-state index contributed by atoms with van der Waals surface area (Å²) in [6.45, 7) is 6.78. The molecule has 1 rings (SSSR count). The molecular weight excluding hydrogens is 252 g/mol. The zero-order chi connectivity index (χ0) is 15.0. The fourth-order valence-corrected chi connectivity index (χ4v) is 2.06. The smallest absolute Gasteiger partial charge is 0.236 e. The molecular formula is C16H26N2O2. The molecule has 0 saturated heterocycles. The average Bonchev–Trinajstić information content (AvgIpc) is 2.50.